The highest BCUT2D eigenvalue weighted by Crippen LogP contribution is 2.41. The van der Waals surface area contributed by atoms with Crippen molar-refractivity contribution < 1.29 is 19.1 Å². The summed E-state index contributed by atoms with van der Waals surface area (Å²) in [4.78, 5) is 39.6. The number of ether oxygens (including phenoxy) is 1. The van der Waals surface area contributed by atoms with Crippen molar-refractivity contribution in [1.29, 1.82) is 0 Å². The van der Waals surface area contributed by atoms with Crippen LogP contribution in [0.2, 0.25) is 0 Å². The number of piperidine rings is 1. The first-order chi connectivity index (χ1) is 14.9. The number of amides is 1. The van der Waals surface area contributed by atoms with Gasteiger partial charge in [-0.15, -0.1) is 11.3 Å². The lowest BCUT2D eigenvalue weighted by atomic mass is 9.82. The molecule has 2 N–H and O–H groups in total. The first kappa shape index (κ1) is 19.8. The predicted octanol–water partition coefficient (Wildman–Crippen LogP) is 4.33. The van der Waals surface area contributed by atoms with E-state index in [2.05, 4.69) is 0 Å². The molecule has 2 aliphatic heterocycles. The molecular formula is C24H22N2O4S. The summed E-state index contributed by atoms with van der Waals surface area (Å²) >= 11 is 1.42. The molecule has 0 saturated carbocycles. The molecule has 6 nitrogen and oxygen atoms in total. The van der Waals surface area contributed by atoms with E-state index in [1.54, 1.807) is 23.1 Å². The van der Waals surface area contributed by atoms with Gasteiger partial charge in [0.1, 0.15) is 11.4 Å². The van der Waals surface area contributed by atoms with Crippen LogP contribution in [0.1, 0.15) is 57.3 Å². The summed E-state index contributed by atoms with van der Waals surface area (Å²) in [6, 6.07) is 12.7. The van der Waals surface area contributed by atoms with E-state index in [0.717, 1.165) is 10.1 Å². The molecule has 2 aromatic carbocycles. The van der Waals surface area contributed by atoms with E-state index in [1.807, 2.05) is 24.3 Å². The molecule has 7 heteroatoms. The second-order valence-corrected chi connectivity index (χ2v) is 9.37. The first-order valence-corrected chi connectivity index (χ1v) is 11.1. The lowest BCUT2D eigenvalue weighted by Gasteiger charge is -2.44. The number of rotatable bonds is 2. The smallest absolute Gasteiger partial charge is 0.257 e. The van der Waals surface area contributed by atoms with Crippen LogP contribution < -0.4 is 10.5 Å². The lowest BCUT2D eigenvalue weighted by Crippen LogP contribution is -2.52. The van der Waals surface area contributed by atoms with E-state index in [0.29, 0.717) is 53.4 Å². The van der Waals surface area contributed by atoms with Crippen LogP contribution in [0.5, 0.6) is 5.75 Å². The Hall–Kier alpha value is -3.19. The molecule has 158 valence electrons. The maximum Gasteiger partial charge on any atom is 0.257 e. The average molecular weight is 435 g/mol. The maximum atomic E-state index is 13.3. The van der Waals surface area contributed by atoms with Crippen LogP contribution in [0.4, 0.5) is 5.00 Å². The Balaban J connectivity index is 1.37. The van der Waals surface area contributed by atoms with Crippen LogP contribution in [-0.4, -0.2) is 41.1 Å². The van der Waals surface area contributed by atoms with Crippen LogP contribution >= 0.6 is 11.3 Å². The van der Waals surface area contributed by atoms with Gasteiger partial charge in [0, 0.05) is 41.6 Å². The maximum absolute atomic E-state index is 13.3. The second kappa shape index (κ2) is 7.20. The zero-order valence-corrected chi connectivity index (χ0v) is 18.0. The van der Waals surface area contributed by atoms with E-state index in [-0.39, 0.29) is 23.9 Å². The zero-order chi connectivity index (χ0) is 21.8. The minimum Gasteiger partial charge on any atom is -0.486 e. The SMILES string of the molecule is CC(=O)c1ccc2c(c1)OC1(CCN(C(=O)c3c(N)sc4ccccc34)CC1)CC2=O. The molecular weight excluding hydrogens is 412 g/mol. The molecule has 0 aliphatic carbocycles. The summed E-state index contributed by atoms with van der Waals surface area (Å²) in [6.07, 6.45) is 1.39. The number of hydrogen-bond donors (Lipinski definition) is 1. The van der Waals surface area contributed by atoms with E-state index < -0.39 is 5.60 Å². The molecule has 1 saturated heterocycles. The Morgan fingerprint density at radius 3 is 2.61 bits per heavy atom. The third kappa shape index (κ3) is 3.29. The molecule has 0 radical (unpaired) electrons. The summed E-state index contributed by atoms with van der Waals surface area (Å²) < 4.78 is 7.30. The molecule has 0 atom stereocenters. The summed E-state index contributed by atoms with van der Waals surface area (Å²) in [5.74, 6) is 0.340. The summed E-state index contributed by atoms with van der Waals surface area (Å²) in [5.41, 5.74) is 7.15. The van der Waals surface area contributed by atoms with Crippen molar-refractivity contribution in [3.63, 3.8) is 0 Å². The number of thiophene rings is 1. The van der Waals surface area contributed by atoms with Crippen LogP contribution in [0.25, 0.3) is 10.1 Å². The predicted molar refractivity (Wildman–Crippen MR) is 120 cm³/mol. The van der Waals surface area contributed by atoms with Crippen molar-refractivity contribution in [2.45, 2.75) is 31.8 Å². The molecule has 0 bridgehead atoms. The van der Waals surface area contributed by atoms with E-state index in [9.17, 15) is 14.4 Å². The average Bonchev–Trinajstić information content (AvgIpc) is 3.09. The van der Waals surface area contributed by atoms with Crippen molar-refractivity contribution in [2.24, 2.45) is 0 Å². The van der Waals surface area contributed by atoms with E-state index in [1.165, 1.54) is 18.3 Å². The molecule has 2 aliphatic rings. The van der Waals surface area contributed by atoms with Gasteiger partial charge in [0.05, 0.1) is 22.5 Å². The van der Waals surface area contributed by atoms with Crippen molar-refractivity contribution >= 4 is 43.9 Å². The minimum atomic E-state index is -0.640. The molecule has 31 heavy (non-hydrogen) atoms. The molecule has 3 aromatic rings. The Kier molecular flexibility index (Phi) is 4.59. The van der Waals surface area contributed by atoms with Gasteiger partial charge in [0.2, 0.25) is 0 Å². The van der Waals surface area contributed by atoms with Gasteiger partial charge >= 0.3 is 0 Å². The minimum absolute atomic E-state index is 0.0178. The van der Waals surface area contributed by atoms with Gasteiger partial charge in [-0.25, -0.2) is 0 Å². The second-order valence-electron chi connectivity index (χ2n) is 8.28. The zero-order valence-electron chi connectivity index (χ0n) is 17.1. The fourth-order valence-electron chi connectivity index (χ4n) is 4.55. The van der Waals surface area contributed by atoms with Gasteiger partial charge in [0.25, 0.3) is 5.91 Å². The number of likely N-dealkylation sites (tertiary alicyclic amines) is 1. The third-order valence-electron chi connectivity index (χ3n) is 6.30. The fraction of sp³-hybridized carbons (Fsp3) is 0.292. The quantitative estimate of drug-likeness (QED) is 0.607. The number of benzene rings is 2. The Bertz CT molecular complexity index is 1240. The first-order valence-electron chi connectivity index (χ1n) is 10.3. The number of nitrogen functional groups attached to an aromatic ring is 1. The number of carbonyl (C=O) groups excluding carboxylic acids is 3. The van der Waals surface area contributed by atoms with Crippen LogP contribution in [0, 0.1) is 0 Å². The number of Topliss-reactive ketones (excluding diaryl/α,β-unsaturated/α-hetero) is 2. The molecule has 1 aromatic heterocycles. The van der Waals surface area contributed by atoms with Gasteiger partial charge in [-0.1, -0.05) is 24.3 Å². The largest absolute Gasteiger partial charge is 0.486 e. The van der Waals surface area contributed by atoms with Crippen molar-refractivity contribution in [3.05, 3.63) is 59.2 Å². The van der Waals surface area contributed by atoms with Gasteiger partial charge in [-0.3, -0.25) is 14.4 Å². The monoisotopic (exact) mass is 434 g/mol. The van der Waals surface area contributed by atoms with Gasteiger partial charge in [-0.2, -0.15) is 0 Å². The van der Waals surface area contributed by atoms with E-state index in [4.69, 9.17) is 10.5 Å². The molecule has 3 heterocycles. The Labute approximate surface area is 183 Å². The van der Waals surface area contributed by atoms with Crippen molar-refractivity contribution in [2.75, 3.05) is 18.8 Å². The number of fused-ring (bicyclic) bond motifs is 2. The Morgan fingerprint density at radius 1 is 1.13 bits per heavy atom. The molecule has 1 amide bonds. The topological polar surface area (TPSA) is 89.7 Å². The van der Waals surface area contributed by atoms with Crippen LogP contribution in [0.3, 0.4) is 0 Å². The fourth-order valence-corrected chi connectivity index (χ4v) is 5.52. The summed E-state index contributed by atoms with van der Waals surface area (Å²) in [6.45, 7) is 2.46. The van der Waals surface area contributed by atoms with E-state index >= 15 is 0 Å². The number of anilines is 1. The Morgan fingerprint density at radius 2 is 1.87 bits per heavy atom. The highest BCUT2D eigenvalue weighted by atomic mass is 32.1. The van der Waals surface area contributed by atoms with Crippen molar-refractivity contribution in [3.8, 4) is 5.75 Å². The molecule has 0 unspecified atom stereocenters. The normalized spacial score (nSPS) is 17.5. The third-order valence-corrected chi connectivity index (χ3v) is 7.30. The molecule has 1 fully saturated rings. The summed E-state index contributed by atoms with van der Waals surface area (Å²) in [5, 5.41) is 1.41. The number of ketones is 2. The number of hydrogen-bond acceptors (Lipinski definition) is 6. The molecule has 5 rings (SSSR count). The van der Waals surface area contributed by atoms with Gasteiger partial charge < -0.3 is 15.4 Å². The highest BCUT2D eigenvalue weighted by Gasteiger charge is 2.44. The van der Waals surface area contributed by atoms with Crippen molar-refractivity contribution in [1.82, 2.24) is 4.90 Å². The standard InChI is InChI=1S/C24H22N2O4S/c1-14(27)15-6-7-16-18(28)13-24(30-19(16)12-15)8-10-26(11-9-24)23(29)21-17-4-2-3-5-20(17)31-22(21)25/h2-7,12H,8-11,13,25H2,1H3. The lowest BCUT2D eigenvalue weighted by molar-refractivity contribution is -0.00569. The van der Waals surface area contributed by atoms with Crippen LogP contribution in [-0.2, 0) is 0 Å². The van der Waals surface area contributed by atoms with Gasteiger partial charge in [-0.05, 0) is 25.1 Å². The number of nitrogens with zero attached hydrogens (tertiary/aromatic N) is 1. The number of nitrogens with two attached hydrogens (primary N) is 1. The highest BCUT2D eigenvalue weighted by molar-refractivity contribution is 7.23. The summed E-state index contributed by atoms with van der Waals surface area (Å²) in [7, 11) is 0. The van der Waals surface area contributed by atoms with Crippen LogP contribution in [0.15, 0.2) is 42.5 Å². The number of carbonyl (C=O) groups is 3. The van der Waals surface area contributed by atoms with Gasteiger partial charge in [0.15, 0.2) is 11.6 Å². The molecule has 1 spiro atoms.